The van der Waals surface area contributed by atoms with Gasteiger partial charge in [0, 0.05) is 5.71 Å². The van der Waals surface area contributed by atoms with E-state index in [0.29, 0.717) is 0 Å². The van der Waals surface area contributed by atoms with Crippen molar-refractivity contribution in [3.63, 3.8) is 0 Å². The number of benzene rings is 2. The van der Waals surface area contributed by atoms with Crippen LogP contribution in [0.3, 0.4) is 0 Å². The second kappa shape index (κ2) is 11.7. The van der Waals surface area contributed by atoms with Crippen molar-refractivity contribution < 1.29 is 0 Å². The third kappa shape index (κ3) is 10.8. The van der Waals surface area contributed by atoms with Crippen molar-refractivity contribution in [3.05, 3.63) is 77.8 Å². The summed E-state index contributed by atoms with van der Waals surface area (Å²) in [5, 5.41) is 4.52. The van der Waals surface area contributed by atoms with E-state index in [4.69, 9.17) is 0 Å². The van der Waals surface area contributed by atoms with E-state index in [1.54, 1.807) is 0 Å². The molecule has 0 N–H and O–H groups in total. The summed E-state index contributed by atoms with van der Waals surface area (Å²) in [6.07, 6.45) is 1.99. The molecule has 0 spiro atoms. The molecule has 0 bridgehead atoms. The zero-order valence-electron chi connectivity index (χ0n) is 19.4. The van der Waals surface area contributed by atoms with E-state index < -0.39 is 16.1 Å². The normalized spacial score (nSPS) is 13.0. The molecule has 0 aliphatic carbocycles. The number of allylic oxidation sites excluding steroid dienone is 2. The van der Waals surface area contributed by atoms with Gasteiger partial charge < -0.3 is 5.32 Å². The average molecular weight is 436 g/mol. The first-order valence-electron chi connectivity index (χ1n) is 10.2. The van der Waals surface area contributed by atoms with Gasteiger partial charge in [0.2, 0.25) is 0 Å². The fourth-order valence-electron chi connectivity index (χ4n) is 3.08. The van der Waals surface area contributed by atoms with E-state index >= 15 is 0 Å². The van der Waals surface area contributed by atoms with Crippen LogP contribution in [-0.4, -0.2) is 38.1 Å². The van der Waals surface area contributed by atoms with Gasteiger partial charge in [0.15, 0.2) is 0 Å². The Morgan fingerprint density at radius 1 is 0.828 bits per heavy atom. The molecule has 2 rings (SSSR count). The van der Waals surface area contributed by atoms with Crippen molar-refractivity contribution in [2.75, 3.05) is 0 Å². The molecule has 0 saturated heterocycles. The minimum absolute atomic E-state index is 0.871. The summed E-state index contributed by atoms with van der Waals surface area (Å²) < 4.78 is 0.958. The topological polar surface area (TPSA) is 26.5 Å². The van der Waals surface area contributed by atoms with Crippen molar-refractivity contribution in [2.45, 2.75) is 57.2 Å². The maximum atomic E-state index is 4.52. The second-order valence-electron chi connectivity index (χ2n) is 9.53. The van der Waals surface area contributed by atoms with Crippen LogP contribution in [0.15, 0.2) is 77.4 Å². The van der Waals surface area contributed by atoms with E-state index in [2.05, 4.69) is 65.9 Å². The Morgan fingerprint density at radius 2 is 1.28 bits per heavy atom. The number of aliphatic imine (C=N–C) groups is 1. The summed E-state index contributed by atoms with van der Waals surface area (Å²) in [6, 6.07) is 19.9. The van der Waals surface area contributed by atoms with Gasteiger partial charge in [0.1, 0.15) is 0 Å². The fourth-order valence-corrected chi connectivity index (χ4v) is 13.5. The Labute approximate surface area is 189 Å². The molecule has 153 valence electrons. The molecule has 5 heteroatoms. The minimum atomic E-state index is -0.871. The Morgan fingerprint density at radius 3 is 1.69 bits per heavy atom. The molecule has 29 heavy (non-hydrogen) atoms. The van der Waals surface area contributed by atoms with E-state index in [1.807, 2.05) is 80.6 Å². The molecule has 2 aromatic carbocycles. The predicted molar refractivity (Wildman–Crippen MR) is 139 cm³/mol. The molecule has 0 saturated carbocycles. The van der Waals surface area contributed by atoms with Crippen LogP contribution >= 0.6 is 0 Å². The van der Waals surface area contributed by atoms with Crippen LogP contribution in [0.2, 0.25) is 43.3 Å². The van der Waals surface area contributed by atoms with Gasteiger partial charge in [0.05, 0.1) is 5.69 Å². The zero-order valence-corrected chi connectivity index (χ0v) is 22.6. The van der Waals surface area contributed by atoms with Crippen molar-refractivity contribution in [3.8, 4) is 0 Å². The first-order valence-corrected chi connectivity index (χ1v) is 18.0. The quantitative estimate of drug-likeness (QED) is 0.324. The molecule has 2 nitrogen and oxygen atoms in total. The summed E-state index contributed by atoms with van der Waals surface area (Å²) in [5.74, 6) is 0. The number of rotatable bonds is 6. The van der Waals surface area contributed by atoms with E-state index in [0.717, 1.165) is 26.8 Å². The number of hydrogen-bond acceptors (Lipinski definition) is 1. The van der Waals surface area contributed by atoms with Crippen LogP contribution in [0.1, 0.15) is 13.8 Å². The molecule has 0 aromatic heterocycles. The summed E-state index contributed by atoms with van der Waals surface area (Å²) in [5.41, 5.74) is 3.82. The van der Waals surface area contributed by atoms with Gasteiger partial charge in [-0.25, -0.2) is 0 Å². The third-order valence-electron chi connectivity index (χ3n) is 4.41. The van der Waals surface area contributed by atoms with Gasteiger partial charge in [-0.1, -0.05) is 61.5 Å². The molecule has 0 aliphatic heterocycles. The standard InChI is InChI=1S/C17H17N2.C7H19Si2.Al/c1-14(18-16-9-5-3-6-10-16)13-15(2)19-17-11-7-4-8-12-17;1-8(2,3)7-9(4,5)6;/h3-13H,1-2H3;7H,1-6H3;/q-1;;+1/b14-13+,19-15?;;. The van der Waals surface area contributed by atoms with Crippen LogP contribution < -0.4 is 0 Å². The molecule has 0 heterocycles. The van der Waals surface area contributed by atoms with E-state index in [-0.39, 0.29) is 0 Å². The molecular formula is C24H36AlN2Si2. The Balaban J connectivity index is 0.000000359. The van der Waals surface area contributed by atoms with Crippen LogP contribution in [0.5, 0.6) is 0 Å². The first kappa shape index (κ1) is 25.7. The SMILES string of the molecule is CC(/C=C(\C)[N-]c1ccccc1)=Nc1ccccc1.C[Si](C)(C)[CH]([Al+])[Si](C)(C)C. The van der Waals surface area contributed by atoms with Crippen LogP contribution in [-0.2, 0) is 0 Å². The molecule has 0 amide bonds. The Kier molecular flexibility index (Phi) is 10.4. The molecule has 1 radical (unpaired) electrons. The zero-order chi connectivity index (χ0) is 22.1. The van der Waals surface area contributed by atoms with Crippen LogP contribution in [0, 0.1) is 0 Å². The van der Waals surface area contributed by atoms with Crippen LogP contribution in [0.25, 0.3) is 5.32 Å². The summed E-state index contributed by atoms with van der Waals surface area (Å²) in [6.45, 7) is 18.7. The fraction of sp³-hybridized carbons (Fsp3) is 0.375. The van der Waals surface area contributed by atoms with Gasteiger partial charge in [-0.2, -0.15) is 5.70 Å². The molecular weight excluding hydrogens is 399 g/mol. The van der Waals surface area contributed by atoms with E-state index in [1.165, 1.54) is 0 Å². The second-order valence-corrected chi connectivity index (χ2v) is 22.8. The predicted octanol–water partition coefficient (Wildman–Crippen LogP) is 8.09. The van der Waals surface area contributed by atoms with Gasteiger partial charge in [-0.15, -0.1) is 5.69 Å². The summed E-state index contributed by atoms with van der Waals surface area (Å²) in [7, 11) is -1.74. The Bertz CT molecular complexity index is 775. The van der Waals surface area contributed by atoms with Gasteiger partial charge in [-0.05, 0) is 19.1 Å². The molecule has 0 fully saturated rings. The van der Waals surface area contributed by atoms with Gasteiger partial charge >= 0.3 is 75.7 Å². The average Bonchev–Trinajstić information content (AvgIpc) is 2.61. The Hall–Kier alpha value is -1.38. The van der Waals surface area contributed by atoms with Crippen molar-refractivity contribution >= 4 is 49.5 Å². The maximum absolute atomic E-state index is 4.52. The number of hydrogen-bond donors (Lipinski definition) is 0. The van der Waals surface area contributed by atoms with Crippen molar-refractivity contribution in [1.29, 1.82) is 0 Å². The van der Waals surface area contributed by atoms with Crippen molar-refractivity contribution in [2.24, 2.45) is 4.99 Å². The first-order chi connectivity index (χ1) is 13.4. The van der Waals surface area contributed by atoms with Gasteiger partial charge in [0.25, 0.3) is 0 Å². The van der Waals surface area contributed by atoms with E-state index in [9.17, 15) is 0 Å². The molecule has 0 aliphatic rings. The molecule has 0 unspecified atom stereocenters. The van der Waals surface area contributed by atoms with Gasteiger partial charge in [-0.3, -0.25) is 4.99 Å². The summed E-state index contributed by atoms with van der Waals surface area (Å²) >= 11 is 3.07. The van der Waals surface area contributed by atoms with Crippen molar-refractivity contribution in [1.82, 2.24) is 0 Å². The number of nitrogens with zero attached hydrogens (tertiary/aromatic N) is 2. The molecule has 0 atom stereocenters. The monoisotopic (exact) mass is 435 g/mol. The summed E-state index contributed by atoms with van der Waals surface area (Å²) in [4.78, 5) is 4.52. The third-order valence-corrected chi connectivity index (χ3v) is 19.3. The number of para-hydroxylation sites is 2. The van der Waals surface area contributed by atoms with Crippen LogP contribution in [0.4, 0.5) is 11.4 Å². The molecule has 2 aromatic rings.